The lowest BCUT2D eigenvalue weighted by molar-refractivity contribution is 0.0730. The zero-order valence-corrected chi connectivity index (χ0v) is 12.8. The van der Waals surface area contributed by atoms with Crippen LogP contribution in [0.15, 0.2) is 0 Å². The number of nitrogens with zero attached hydrogens (tertiary/aromatic N) is 1. The van der Waals surface area contributed by atoms with Gasteiger partial charge in [-0.05, 0) is 13.8 Å². The Bertz CT molecular complexity index is 468. The zero-order chi connectivity index (χ0) is 14.5. The second-order valence-electron chi connectivity index (χ2n) is 4.50. The number of sulfonamides is 1. The van der Waals surface area contributed by atoms with Crippen LogP contribution in [0.4, 0.5) is 0 Å². The number of rotatable bonds is 7. The SMILES string of the molecule is CC(C)NS(=O)(=O)NCCS(=O)(=O)N1CCOCC1. The van der Waals surface area contributed by atoms with E-state index in [4.69, 9.17) is 4.74 Å². The lowest BCUT2D eigenvalue weighted by atomic mass is 10.4. The van der Waals surface area contributed by atoms with Crippen molar-refractivity contribution in [3.8, 4) is 0 Å². The first-order valence-corrected chi connectivity index (χ1v) is 9.15. The minimum atomic E-state index is -3.64. The van der Waals surface area contributed by atoms with Gasteiger partial charge in [-0.3, -0.25) is 0 Å². The van der Waals surface area contributed by atoms with Crippen LogP contribution in [-0.2, 0) is 25.0 Å². The van der Waals surface area contributed by atoms with Crippen molar-refractivity contribution in [1.82, 2.24) is 13.7 Å². The molecule has 0 amide bonds. The van der Waals surface area contributed by atoms with Crippen LogP contribution in [0.1, 0.15) is 13.8 Å². The highest BCUT2D eigenvalue weighted by Gasteiger charge is 2.24. The molecule has 0 radical (unpaired) electrons. The summed E-state index contributed by atoms with van der Waals surface area (Å²) in [4.78, 5) is 0. The summed E-state index contributed by atoms with van der Waals surface area (Å²) in [6.07, 6.45) is 0. The number of ether oxygens (including phenoxy) is 1. The molecule has 0 aromatic carbocycles. The molecule has 0 aromatic heterocycles. The van der Waals surface area contributed by atoms with Gasteiger partial charge in [0.25, 0.3) is 10.2 Å². The van der Waals surface area contributed by atoms with E-state index in [1.807, 2.05) is 0 Å². The minimum Gasteiger partial charge on any atom is -0.379 e. The van der Waals surface area contributed by atoms with Crippen LogP contribution in [0.25, 0.3) is 0 Å². The van der Waals surface area contributed by atoms with Crippen LogP contribution >= 0.6 is 0 Å². The van der Waals surface area contributed by atoms with Crippen LogP contribution in [0.5, 0.6) is 0 Å². The molecule has 1 saturated heterocycles. The Morgan fingerprint density at radius 3 is 2.26 bits per heavy atom. The van der Waals surface area contributed by atoms with Gasteiger partial charge in [0.2, 0.25) is 10.0 Å². The molecule has 0 aliphatic carbocycles. The Morgan fingerprint density at radius 2 is 1.74 bits per heavy atom. The topological polar surface area (TPSA) is 105 Å². The molecule has 0 saturated carbocycles. The summed E-state index contributed by atoms with van der Waals surface area (Å²) in [7, 11) is -7.08. The van der Waals surface area contributed by atoms with Crippen molar-refractivity contribution in [3.63, 3.8) is 0 Å². The fraction of sp³-hybridized carbons (Fsp3) is 1.00. The Labute approximate surface area is 114 Å². The van der Waals surface area contributed by atoms with Crippen LogP contribution in [0, 0.1) is 0 Å². The van der Waals surface area contributed by atoms with E-state index < -0.39 is 20.2 Å². The molecule has 0 unspecified atom stereocenters. The molecule has 2 N–H and O–H groups in total. The number of hydrogen-bond acceptors (Lipinski definition) is 5. The molecule has 1 rings (SSSR count). The third kappa shape index (κ3) is 6.15. The van der Waals surface area contributed by atoms with E-state index in [1.165, 1.54) is 4.31 Å². The first-order valence-electron chi connectivity index (χ1n) is 6.05. The second-order valence-corrected chi connectivity index (χ2v) is 8.12. The van der Waals surface area contributed by atoms with Crippen molar-refractivity contribution in [2.24, 2.45) is 0 Å². The van der Waals surface area contributed by atoms with E-state index in [0.29, 0.717) is 26.3 Å². The van der Waals surface area contributed by atoms with Gasteiger partial charge in [-0.25, -0.2) is 13.1 Å². The van der Waals surface area contributed by atoms with Gasteiger partial charge in [0.1, 0.15) is 0 Å². The van der Waals surface area contributed by atoms with E-state index in [0.717, 1.165) is 0 Å². The molecule has 0 aromatic rings. The third-order valence-corrected chi connectivity index (χ3v) is 5.64. The normalized spacial score (nSPS) is 18.9. The lowest BCUT2D eigenvalue weighted by Crippen LogP contribution is -2.46. The quantitative estimate of drug-likeness (QED) is 0.594. The highest BCUT2D eigenvalue weighted by Crippen LogP contribution is 2.04. The summed E-state index contributed by atoms with van der Waals surface area (Å²) in [5.41, 5.74) is 0. The summed E-state index contributed by atoms with van der Waals surface area (Å²) in [6, 6.07) is -0.242. The van der Waals surface area contributed by atoms with E-state index in [1.54, 1.807) is 13.8 Å². The van der Waals surface area contributed by atoms with E-state index in [9.17, 15) is 16.8 Å². The van der Waals surface area contributed by atoms with Crippen molar-refractivity contribution in [3.05, 3.63) is 0 Å². The largest absolute Gasteiger partial charge is 0.379 e. The van der Waals surface area contributed by atoms with E-state index >= 15 is 0 Å². The van der Waals surface area contributed by atoms with E-state index in [2.05, 4.69) is 9.44 Å². The average molecular weight is 315 g/mol. The first-order chi connectivity index (χ1) is 8.73. The Hall–Kier alpha value is -0.260. The minimum absolute atomic E-state index is 0.151. The molecular weight excluding hydrogens is 294 g/mol. The van der Waals surface area contributed by atoms with Gasteiger partial charge < -0.3 is 4.74 Å². The number of nitrogens with one attached hydrogen (secondary N) is 2. The van der Waals surface area contributed by atoms with Crippen LogP contribution in [-0.4, -0.2) is 65.8 Å². The van der Waals surface area contributed by atoms with Crippen molar-refractivity contribution in [2.75, 3.05) is 38.6 Å². The highest BCUT2D eigenvalue weighted by molar-refractivity contribution is 7.89. The molecule has 8 nitrogen and oxygen atoms in total. The van der Waals surface area contributed by atoms with Crippen molar-refractivity contribution in [1.29, 1.82) is 0 Å². The standard InChI is InChI=1S/C9H21N3O5S2/c1-9(2)11-19(15,16)10-3-8-18(13,14)12-4-6-17-7-5-12/h9-11H,3-8H2,1-2H3. The molecule has 19 heavy (non-hydrogen) atoms. The van der Waals surface area contributed by atoms with Crippen molar-refractivity contribution >= 4 is 20.2 Å². The highest BCUT2D eigenvalue weighted by atomic mass is 32.2. The number of hydrogen-bond donors (Lipinski definition) is 2. The fourth-order valence-corrected chi connectivity index (χ4v) is 4.14. The Kier molecular flexibility index (Phi) is 6.15. The van der Waals surface area contributed by atoms with E-state index in [-0.39, 0.29) is 18.3 Å². The van der Waals surface area contributed by atoms with Gasteiger partial charge >= 0.3 is 0 Å². The van der Waals surface area contributed by atoms with Crippen LogP contribution < -0.4 is 9.44 Å². The third-order valence-electron chi connectivity index (χ3n) is 2.41. The average Bonchev–Trinajstić information content (AvgIpc) is 2.27. The maximum atomic E-state index is 11.9. The number of morpholine rings is 1. The van der Waals surface area contributed by atoms with Crippen LogP contribution in [0.2, 0.25) is 0 Å². The lowest BCUT2D eigenvalue weighted by Gasteiger charge is -2.26. The van der Waals surface area contributed by atoms with Crippen molar-refractivity contribution in [2.45, 2.75) is 19.9 Å². The summed E-state index contributed by atoms with van der Waals surface area (Å²) in [6.45, 7) is 4.60. The van der Waals surface area contributed by atoms with Crippen molar-refractivity contribution < 1.29 is 21.6 Å². The molecule has 1 heterocycles. The van der Waals surface area contributed by atoms with Gasteiger partial charge in [0, 0.05) is 25.7 Å². The van der Waals surface area contributed by atoms with Gasteiger partial charge in [0.05, 0.1) is 19.0 Å². The summed E-state index contributed by atoms with van der Waals surface area (Å²) >= 11 is 0. The van der Waals surface area contributed by atoms with Gasteiger partial charge in [0.15, 0.2) is 0 Å². The van der Waals surface area contributed by atoms with Gasteiger partial charge in [-0.2, -0.15) is 17.4 Å². The predicted molar refractivity (Wildman–Crippen MR) is 71.4 cm³/mol. The zero-order valence-electron chi connectivity index (χ0n) is 11.1. The molecule has 1 aliphatic heterocycles. The molecule has 1 fully saturated rings. The summed E-state index contributed by atoms with van der Waals surface area (Å²) in [5.74, 6) is -0.258. The van der Waals surface area contributed by atoms with Gasteiger partial charge in [-0.15, -0.1) is 0 Å². The fourth-order valence-electron chi connectivity index (χ4n) is 1.61. The molecule has 114 valence electrons. The maximum absolute atomic E-state index is 11.9. The van der Waals surface area contributed by atoms with Crippen LogP contribution in [0.3, 0.4) is 0 Å². The molecule has 0 spiro atoms. The molecular formula is C9H21N3O5S2. The molecule has 10 heteroatoms. The Morgan fingerprint density at radius 1 is 1.16 bits per heavy atom. The molecule has 1 aliphatic rings. The van der Waals surface area contributed by atoms with Gasteiger partial charge in [-0.1, -0.05) is 0 Å². The molecule has 0 bridgehead atoms. The summed E-state index contributed by atoms with van der Waals surface area (Å²) in [5, 5.41) is 0. The smallest absolute Gasteiger partial charge is 0.277 e. The second kappa shape index (κ2) is 6.95. The maximum Gasteiger partial charge on any atom is 0.277 e. The first kappa shape index (κ1) is 16.8. The molecule has 0 atom stereocenters. The predicted octanol–water partition coefficient (Wildman–Crippen LogP) is -1.52. The monoisotopic (exact) mass is 315 g/mol. The Balaban J connectivity index is 2.43. The summed E-state index contributed by atoms with van der Waals surface area (Å²) < 4.78 is 57.6.